The van der Waals surface area contributed by atoms with Gasteiger partial charge in [-0.3, -0.25) is 0 Å². The van der Waals surface area contributed by atoms with Crippen LogP contribution in [-0.2, 0) is 0 Å². The van der Waals surface area contributed by atoms with E-state index in [0.717, 1.165) is 0 Å². The molecule has 0 aliphatic carbocycles. The van der Waals surface area contributed by atoms with Crippen molar-refractivity contribution in [2.75, 3.05) is 0 Å². The van der Waals surface area contributed by atoms with Crippen molar-refractivity contribution in [3.63, 3.8) is 0 Å². The van der Waals surface area contributed by atoms with E-state index in [2.05, 4.69) is 189 Å². The van der Waals surface area contributed by atoms with Crippen LogP contribution in [0.1, 0.15) is 6.92 Å². The molecule has 0 spiro atoms. The van der Waals surface area contributed by atoms with E-state index in [1.54, 1.807) is 26.1 Å². The maximum atomic E-state index is 2.67. The first-order chi connectivity index (χ1) is 21.7. The first-order valence-corrected chi connectivity index (χ1v) is 24.9. The summed E-state index contributed by atoms with van der Waals surface area (Å²) >= 11 is -4.85. The minimum absolute atomic E-state index is 0.184. The fourth-order valence-electron chi connectivity index (χ4n) is 5.94. The zero-order valence-electron chi connectivity index (χ0n) is 25.3. The van der Waals surface area contributed by atoms with Crippen LogP contribution in [0.4, 0.5) is 0 Å². The van der Waals surface area contributed by atoms with Crippen molar-refractivity contribution in [1.82, 2.24) is 0 Å². The Labute approximate surface area is 278 Å². The fraction of sp³-hybridized carbons (Fsp3) is 0.122. The van der Waals surface area contributed by atoms with Gasteiger partial charge in [-0.2, -0.15) is 0 Å². The van der Waals surface area contributed by atoms with Crippen LogP contribution in [0.25, 0.3) is 0 Å². The summed E-state index contributed by atoms with van der Waals surface area (Å²) in [5.41, 5.74) is 0.184. The van der Waals surface area contributed by atoms with Gasteiger partial charge in [0.15, 0.2) is 0 Å². The van der Waals surface area contributed by atoms with E-state index in [4.69, 9.17) is 0 Å². The van der Waals surface area contributed by atoms with Crippen LogP contribution in [0.2, 0.25) is 15.6 Å². The zero-order valence-corrected chi connectivity index (χ0v) is 30.9. The van der Waals surface area contributed by atoms with Gasteiger partial charge < -0.3 is 0 Å². The van der Waals surface area contributed by atoms with E-state index in [-0.39, 0.29) is 5.41 Å². The second-order valence-corrected chi connectivity index (χ2v) is 25.5. The summed E-state index contributed by atoms with van der Waals surface area (Å²) in [5.74, 6) is 0. The summed E-state index contributed by atoms with van der Waals surface area (Å²) in [4.78, 5) is 0. The molecule has 0 saturated carbocycles. The molecule has 6 rings (SSSR count). The zero-order chi connectivity index (χ0) is 30.0. The Bertz CT molecular complexity index is 1350. The molecule has 0 amide bonds. The maximum absolute atomic E-state index is 2.67. The fourth-order valence-corrected chi connectivity index (χ4v) is 25.5. The van der Waals surface area contributed by atoms with Crippen molar-refractivity contribution in [1.29, 1.82) is 0 Å². The molecular weight excluding hydrogens is 717 g/mol. The average Bonchev–Trinajstić information content (AvgIpc) is 3.11. The van der Waals surface area contributed by atoms with Gasteiger partial charge in [-0.05, 0) is 0 Å². The average molecular weight is 757 g/mol. The van der Waals surface area contributed by atoms with E-state index in [9.17, 15) is 0 Å². The second kappa shape index (κ2) is 15.3. The molecule has 218 valence electrons. The third kappa shape index (κ3) is 7.98. The van der Waals surface area contributed by atoms with Crippen molar-refractivity contribution in [2.24, 2.45) is 5.41 Å². The summed E-state index contributed by atoms with van der Waals surface area (Å²) in [7, 11) is 0. The molecule has 0 fully saturated rings. The Balaban J connectivity index is 1.48. The number of hydrogen-bond acceptors (Lipinski definition) is 0. The Morgan fingerprint density at radius 1 is 0.295 bits per heavy atom. The topological polar surface area (TPSA) is 0 Å². The molecule has 0 N–H and O–H groups in total. The third-order valence-electron chi connectivity index (χ3n) is 8.03. The molecule has 0 atom stereocenters. The monoisotopic (exact) mass is 756 g/mol. The molecule has 0 radical (unpaired) electrons. The van der Waals surface area contributed by atoms with Gasteiger partial charge in [0, 0.05) is 0 Å². The van der Waals surface area contributed by atoms with Gasteiger partial charge in [-0.25, -0.2) is 0 Å². The van der Waals surface area contributed by atoms with E-state index < -0.39 is 44.0 Å². The molecular formula is C41H39As3. The van der Waals surface area contributed by atoms with Crippen LogP contribution in [0, 0.1) is 5.41 Å². The van der Waals surface area contributed by atoms with Crippen molar-refractivity contribution >= 4 is 70.1 Å². The van der Waals surface area contributed by atoms with Crippen molar-refractivity contribution < 1.29 is 0 Å². The molecule has 0 unspecified atom stereocenters. The molecule has 3 heteroatoms. The van der Waals surface area contributed by atoms with Crippen LogP contribution >= 0.6 is 0 Å². The van der Waals surface area contributed by atoms with Crippen LogP contribution in [0.3, 0.4) is 0 Å². The van der Waals surface area contributed by atoms with E-state index >= 15 is 0 Å². The first-order valence-electron chi connectivity index (χ1n) is 15.3. The summed E-state index contributed by atoms with van der Waals surface area (Å²) in [6.45, 7) is 2.67. The van der Waals surface area contributed by atoms with Crippen molar-refractivity contribution in [3.8, 4) is 0 Å². The standard InChI is InChI=1S/C41H39As3/c1-41(32-42(35-20-8-2-9-21-35)36-22-10-3-11-23-36,33-43(37-24-12-4-13-25-37)38-26-14-5-15-27-38)34-44(39-28-16-6-17-29-39)40-30-18-7-19-31-40/h2-31H,32-34H2,1H3. The molecule has 0 aliphatic heterocycles. The summed E-state index contributed by atoms with van der Waals surface area (Å²) in [6.07, 6.45) is 0. The van der Waals surface area contributed by atoms with Crippen molar-refractivity contribution in [3.05, 3.63) is 182 Å². The Hall–Kier alpha value is -3.00. The van der Waals surface area contributed by atoms with Gasteiger partial charge in [0.1, 0.15) is 0 Å². The molecule has 0 aliphatic rings. The normalized spacial score (nSPS) is 11.7. The number of benzene rings is 6. The Morgan fingerprint density at radius 2 is 0.455 bits per heavy atom. The first kappa shape index (κ1) is 31.0. The summed E-state index contributed by atoms with van der Waals surface area (Å²) in [5, 5.41) is 3.80. The van der Waals surface area contributed by atoms with Crippen LogP contribution in [0.5, 0.6) is 0 Å². The van der Waals surface area contributed by atoms with Crippen LogP contribution < -0.4 is 26.1 Å². The predicted octanol–water partition coefficient (Wildman–Crippen LogP) is 5.92. The van der Waals surface area contributed by atoms with Crippen molar-refractivity contribution in [2.45, 2.75) is 22.5 Å². The van der Waals surface area contributed by atoms with Gasteiger partial charge in [-0.1, -0.05) is 0 Å². The van der Waals surface area contributed by atoms with Gasteiger partial charge in [-0.15, -0.1) is 0 Å². The summed E-state index contributed by atoms with van der Waals surface area (Å²) < 4.78 is 9.39. The third-order valence-corrected chi connectivity index (χ3v) is 26.4. The number of rotatable bonds is 12. The molecule has 6 aromatic rings. The Kier molecular flexibility index (Phi) is 10.8. The predicted molar refractivity (Wildman–Crippen MR) is 196 cm³/mol. The summed E-state index contributed by atoms with van der Waals surface area (Å²) in [6, 6.07) is 68.8. The SMILES string of the molecule is CC(C[As](c1ccccc1)c1ccccc1)(C[As](c1ccccc1)c1ccccc1)C[As](c1ccccc1)c1ccccc1. The Morgan fingerprint density at radius 3 is 0.614 bits per heavy atom. The van der Waals surface area contributed by atoms with Crippen LogP contribution in [-0.4, -0.2) is 44.0 Å². The van der Waals surface area contributed by atoms with E-state index in [1.165, 1.54) is 15.6 Å². The van der Waals surface area contributed by atoms with Crippen LogP contribution in [0.15, 0.2) is 182 Å². The molecule has 6 aromatic carbocycles. The quantitative estimate of drug-likeness (QED) is 0.136. The molecule has 0 nitrogen and oxygen atoms in total. The molecule has 44 heavy (non-hydrogen) atoms. The minimum atomic E-state index is -1.62. The van der Waals surface area contributed by atoms with Gasteiger partial charge >= 0.3 is 280 Å². The number of hydrogen-bond donors (Lipinski definition) is 0. The van der Waals surface area contributed by atoms with Gasteiger partial charge in [0.2, 0.25) is 0 Å². The van der Waals surface area contributed by atoms with E-state index in [1.807, 2.05) is 0 Å². The molecule has 0 saturated heterocycles. The van der Waals surface area contributed by atoms with E-state index in [0.29, 0.717) is 0 Å². The van der Waals surface area contributed by atoms with Gasteiger partial charge in [0.05, 0.1) is 0 Å². The van der Waals surface area contributed by atoms with Gasteiger partial charge in [0.25, 0.3) is 0 Å². The molecule has 0 aromatic heterocycles. The second-order valence-electron chi connectivity index (χ2n) is 11.6. The molecule has 0 heterocycles. The molecule has 0 bridgehead atoms.